The van der Waals surface area contributed by atoms with Gasteiger partial charge in [0.1, 0.15) is 12.1 Å². The van der Waals surface area contributed by atoms with E-state index < -0.39 is 41.0 Å². The molecule has 44 heavy (non-hydrogen) atoms. The van der Waals surface area contributed by atoms with Crippen molar-refractivity contribution in [3.8, 4) is 0 Å². The molecule has 6 atom stereocenters. The Bertz CT molecular complexity index is 1340. The van der Waals surface area contributed by atoms with Gasteiger partial charge in [-0.05, 0) is 68.9 Å². The normalized spacial score (nSPS) is 25.2. The summed E-state index contributed by atoms with van der Waals surface area (Å²) in [4.78, 5) is 41.9. The standard InChI is InChI=1S/C32H42N4O7S/c1-19-15-22(33)11-10-21(19)16-34-28(38)27-32(2,3)44-18-36(27)29(39)26(37)24(12-9-20-7-5-4-6-8-20)35-31(40)43-25-17-42-30-23(25)13-14-41-30/h4-8,10-11,15,23-27,30,37H,9,12-14,16-18,33H2,1-3H3,(H,34,38)(H,35,40)/t23-,24-,25-,26-,27+,30+/m0/s1. The number of aryl methyl sites for hydroxylation is 2. The van der Waals surface area contributed by atoms with Gasteiger partial charge in [-0.2, -0.15) is 0 Å². The number of fused-ring (bicyclic) bond motifs is 1. The molecule has 2 aromatic rings. The minimum atomic E-state index is -1.60. The molecule has 238 valence electrons. The molecule has 0 saturated carbocycles. The summed E-state index contributed by atoms with van der Waals surface area (Å²) in [6.07, 6.45) is -1.68. The molecule has 0 spiro atoms. The van der Waals surface area contributed by atoms with Crippen molar-refractivity contribution in [2.45, 2.75) is 81.9 Å². The van der Waals surface area contributed by atoms with E-state index in [0.29, 0.717) is 18.7 Å². The van der Waals surface area contributed by atoms with Gasteiger partial charge in [0, 0.05) is 17.0 Å². The van der Waals surface area contributed by atoms with Crippen molar-refractivity contribution in [3.63, 3.8) is 0 Å². The molecule has 0 aliphatic carbocycles. The smallest absolute Gasteiger partial charge is 0.407 e. The molecule has 2 aromatic carbocycles. The maximum Gasteiger partial charge on any atom is 0.407 e. The molecule has 3 amide bonds. The van der Waals surface area contributed by atoms with Crippen LogP contribution in [0, 0.1) is 12.8 Å². The molecule has 12 heteroatoms. The van der Waals surface area contributed by atoms with Crippen LogP contribution in [0.1, 0.15) is 43.4 Å². The average molecular weight is 627 g/mol. The number of aliphatic hydroxyl groups excluding tert-OH is 1. The molecular weight excluding hydrogens is 584 g/mol. The van der Waals surface area contributed by atoms with Gasteiger partial charge in [-0.25, -0.2) is 4.79 Å². The van der Waals surface area contributed by atoms with Crippen LogP contribution >= 0.6 is 11.8 Å². The summed E-state index contributed by atoms with van der Waals surface area (Å²) in [7, 11) is 0. The van der Waals surface area contributed by atoms with Crippen molar-refractivity contribution in [3.05, 3.63) is 65.2 Å². The number of aliphatic hydroxyl groups is 1. The summed E-state index contributed by atoms with van der Waals surface area (Å²) < 4.78 is 16.2. The molecular formula is C32H42N4O7S. The third-order valence-corrected chi connectivity index (χ3v) is 10.0. The topological polar surface area (TPSA) is 152 Å². The molecule has 0 unspecified atom stereocenters. The summed E-state index contributed by atoms with van der Waals surface area (Å²) in [6.45, 7) is 6.78. The Morgan fingerprint density at radius 1 is 1.18 bits per heavy atom. The SMILES string of the molecule is Cc1cc(N)ccc1CNC(=O)[C@H]1N(C(=O)[C@@H](O)[C@H](CCc2ccccc2)NC(=O)O[C@H]2CO[C@H]3OCC[C@H]32)CSC1(C)C. The maximum absolute atomic E-state index is 13.9. The number of hydrogen-bond acceptors (Lipinski definition) is 9. The predicted octanol–water partition coefficient (Wildman–Crippen LogP) is 2.72. The first-order valence-corrected chi connectivity index (χ1v) is 16.0. The van der Waals surface area contributed by atoms with Crippen molar-refractivity contribution in [1.82, 2.24) is 15.5 Å². The lowest BCUT2D eigenvalue weighted by Gasteiger charge is -2.33. The second kappa shape index (κ2) is 13.8. The monoisotopic (exact) mass is 626 g/mol. The Hall–Kier alpha value is -3.32. The van der Waals surface area contributed by atoms with E-state index in [1.165, 1.54) is 16.7 Å². The van der Waals surface area contributed by atoms with Crippen molar-refractivity contribution >= 4 is 35.4 Å². The van der Waals surface area contributed by atoms with Crippen molar-refractivity contribution in [2.24, 2.45) is 5.92 Å². The van der Waals surface area contributed by atoms with Crippen molar-refractivity contribution in [1.29, 1.82) is 0 Å². The number of carbonyl (C=O) groups is 3. The van der Waals surface area contributed by atoms with E-state index >= 15 is 0 Å². The minimum absolute atomic E-state index is 0.0461. The predicted molar refractivity (Wildman–Crippen MR) is 166 cm³/mol. The van der Waals surface area contributed by atoms with Gasteiger partial charge < -0.3 is 40.6 Å². The number of nitrogen functional groups attached to an aromatic ring is 1. The maximum atomic E-state index is 13.9. The van der Waals surface area contributed by atoms with E-state index in [9.17, 15) is 19.5 Å². The fourth-order valence-electron chi connectivity index (χ4n) is 6.10. The van der Waals surface area contributed by atoms with Gasteiger partial charge in [0.05, 0.1) is 31.1 Å². The van der Waals surface area contributed by atoms with Crippen LogP contribution in [0.4, 0.5) is 10.5 Å². The van der Waals surface area contributed by atoms with Gasteiger partial charge in [-0.15, -0.1) is 11.8 Å². The molecule has 5 N–H and O–H groups in total. The number of ether oxygens (including phenoxy) is 3. The van der Waals surface area contributed by atoms with Crippen LogP contribution in [0.25, 0.3) is 0 Å². The molecule has 0 aromatic heterocycles. The number of alkyl carbamates (subject to hydrolysis) is 1. The van der Waals surface area contributed by atoms with Crippen molar-refractivity contribution in [2.75, 3.05) is 24.8 Å². The number of nitrogens with two attached hydrogens (primary N) is 1. The van der Waals surface area contributed by atoms with E-state index in [-0.39, 0.29) is 43.6 Å². The van der Waals surface area contributed by atoms with E-state index in [1.54, 1.807) is 6.07 Å². The number of amides is 3. The van der Waals surface area contributed by atoms with Gasteiger partial charge in [-0.3, -0.25) is 9.59 Å². The molecule has 11 nitrogen and oxygen atoms in total. The highest BCUT2D eigenvalue weighted by Gasteiger charge is 2.50. The van der Waals surface area contributed by atoms with Gasteiger partial charge in [0.15, 0.2) is 12.4 Å². The highest BCUT2D eigenvalue weighted by atomic mass is 32.2. The molecule has 3 heterocycles. The molecule has 0 radical (unpaired) electrons. The first kappa shape index (κ1) is 32.1. The summed E-state index contributed by atoms with van der Waals surface area (Å²) in [5.74, 6) is -0.770. The highest BCUT2D eigenvalue weighted by molar-refractivity contribution is 8.00. The summed E-state index contributed by atoms with van der Waals surface area (Å²) in [5, 5.41) is 17.2. The van der Waals surface area contributed by atoms with Crippen LogP contribution in [-0.2, 0) is 36.8 Å². The zero-order chi connectivity index (χ0) is 31.4. The number of hydrogen-bond donors (Lipinski definition) is 4. The zero-order valence-electron chi connectivity index (χ0n) is 25.4. The fraction of sp³-hybridized carbons (Fsp3) is 0.531. The van der Waals surface area contributed by atoms with Gasteiger partial charge >= 0.3 is 6.09 Å². The summed E-state index contributed by atoms with van der Waals surface area (Å²) in [6, 6.07) is 13.3. The largest absolute Gasteiger partial charge is 0.443 e. The summed E-state index contributed by atoms with van der Waals surface area (Å²) in [5.41, 5.74) is 9.37. The Morgan fingerprint density at radius 2 is 1.95 bits per heavy atom. The molecule has 0 bridgehead atoms. The Balaban J connectivity index is 1.28. The minimum Gasteiger partial charge on any atom is -0.443 e. The molecule has 3 aliphatic rings. The van der Waals surface area contributed by atoms with Crippen LogP contribution < -0.4 is 16.4 Å². The van der Waals surface area contributed by atoms with Gasteiger partial charge in [0.25, 0.3) is 5.91 Å². The number of anilines is 1. The quantitative estimate of drug-likeness (QED) is 0.292. The van der Waals surface area contributed by atoms with Gasteiger partial charge in [0.2, 0.25) is 5.91 Å². The molecule has 5 rings (SSSR count). The summed E-state index contributed by atoms with van der Waals surface area (Å²) >= 11 is 1.46. The van der Waals surface area contributed by atoms with Crippen LogP contribution in [0.15, 0.2) is 48.5 Å². The lowest BCUT2D eigenvalue weighted by atomic mass is 9.97. The Labute approximate surface area is 262 Å². The number of rotatable bonds is 10. The second-order valence-electron chi connectivity index (χ2n) is 12.2. The molecule has 3 aliphatic heterocycles. The third kappa shape index (κ3) is 7.31. The average Bonchev–Trinajstić information content (AvgIpc) is 3.70. The fourth-order valence-corrected chi connectivity index (χ4v) is 7.24. The Kier molecular flexibility index (Phi) is 10.0. The first-order chi connectivity index (χ1) is 21.0. The highest BCUT2D eigenvalue weighted by Crippen LogP contribution is 2.40. The van der Waals surface area contributed by atoms with Crippen LogP contribution in [0.3, 0.4) is 0 Å². The van der Waals surface area contributed by atoms with Crippen molar-refractivity contribution < 1.29 is 33.7 Å². The van der Waals surface area contributed by atoms with E-state index in [4.69, 9.17) is 19.9 Å². The zero-order valence-corrected chi connectivity index (χ0v) is 26.2. The Morgan fingerprint density at radius 3 is 2.70 bits per heavy atom. The molecule has 3 saturated heterocycles. The number of nitrogens with one attached hydrogen (secondary N) is 2. The lowest BCUT2D eigenvalue weighted by molar-refractivity contribution is -0.147. The van der Waals surface area contributed by atoms with E-state index in [2.05, 4.69) is 10.6 Å². The lowest BCUT2D eigenvalue weighted by Crippen LogP contribution is -2.58. The van der Waals surface area contributed by atoms with Crippen LogP contribution in [0.5, 0.6) is 0 Å². The third-order valence-electron chi connectivity index (χ3n) is 8.66. The van der Waals surface area contributed by atoms with E-state index in [1.807, 2.05) is 63.2 Å². The second-order valence-corrected chi connectivity index (χ2v) is 13.8. The van der Waals surface area contributed by atoms with Gasteiger partial charge in [-0.1, -0.05) is 36.4 Å². The first-order valence-electron chi connectivity index (χ1n) is 15.0. The van der Waals surface area contributed by atoms with Crippen LogP contribution in [-0.4, -0.2) is 82.3 Å². The number of carbonyl (C=O) groups excluding carboxylic acids is 3. The number of benzene rings is 2. The number of nitrogens with zero attached hydrogens (tertiary/aromatic N) is 1. The number of thioether (sulfide) groups is 1. The van der Waals surface area contributed by atoms with Crippen LogP contribution in [0.2, 0.25) is 0 Å². The van der Waals surface area contributed by atoms with E-state index in [0.717, 1.165) is 23.1 Å². The molecule has 3 fully saturated rings.